The second-order valence-electron chi connectivity index (χ2n) is 6.46. The van der Waals surface area contributed by atoms with Crippen LogP contribution in [-0.2, 0) is 17.6 Å². The van der Waals surface area contributed by atoms with E-state index in [1.165, 1.54) is 33.0 Å². The van der Waals surface area contributed by atoms with Crippen LogP contribution >= 0.6 is 0 Å². The molecule has 3 heteroatoms. The van der Waals surface area contributed by atoms with Gasteiger partial charge in [0, 0.05) is 8.77 Å². The maximum absolute atomic E-state index is 11.7. The summed E-state index contributed by atoms with van der Waals surface area (Å²) in [6.45, 7) is 0. The van der Waals surface area contributed by atoms with Crippen LogP contribution in [0.2, 0.25) is 0 Å². The van der Waals surface area contributed by atoms with Crippen molar-refractivity contribution >= 4 is 16.7 Å². The molecule has 0 saturated heterocycles. The number of amides is 1. The van der Waals surface area contributed by atoms with Crippen molar-refractivity contribution in [3.05, 3.63) is 71.8 Å². The lowest BCUT2D eigenvalue weighted by Gasteiger charge is -2.23. The van der Waals surface area contributed by atoms with E-state index in [1.807, 2.05) is 6.07 Å². The fraction of sp³-hybridized carbons (Fsp3) is 0.190. The SMILES string of the molecule is O=C(NO)C1CCc2ccc(-c3ccc4ccccc4c3)cc2C1.[HH].[HH]. The molecule has 0 fully saturated rings. The summed E-state index contributed by atoms with van der Waals surface area (Å²) in [7, 11) is 0. The van der Waals surface area contributed by atoms with E-state index in [0.29, 0.717) is 6.42 Å². The maximum Gasteiger partial charge on any atom is 0.246 e. The van der Waals surface area contributed by atoms with Crippen LogP contribution in [0.4, 0.5) is 0 Å². The Morgan fingerprint density at radius 3 is 2.54 bits per heavy atom. The van der Waals surface area contributed by atoms with E-state index in [-0.39, 0.29) is 14.7 Å². The Kier molecular flexibility index (Phi) is 3.79. The number of rotatable bonds is 2. The van der Waals surface area contributed by atoms with E-state index >= 15 is 0 Å². The van der Waals surface area contributed by atoms with E-state index in [9.17, 15) is 4.79 Å². The first kappa shape index (κ1) is 14.9. The van der Waals surface area contributed by atoms with Crippen molar-refractivity contribution < 1.29 is 12.9 Å². The molecular formula is C21H23NO2. The molecule has 3 aromatic rings. The number of hydrogen-bond donors (Lipinski definition) is 2. The van der Waals surface area contributed by atoms with Gasteiger partial charge in [-0.2, -0.15) is 0 Å². The Morgan fingerprint density at radius 1 is 0.958 bits per heavy atom. The lowest BCUT2D eigenvalue weighted by Crippen LogP contribution is -2.31. The zero-order valence-electron chi connectivity index (χ0n) is 13.3. The van der Waals surface area contributed by atoms with Gasteiger partial charge in [-0.05, 0) is 58.4 Å². The highest BCUT2D eigenvalue weighted by atomic mass is 16.5. The smallest absolute Gasteiger partial charge is 0.246 e. The van der Waals surface area contributed by atoms with Crippen molar-refractivity contribution in [1.82, 2.24) is 5.48 Å². The zero-order chi connectivity index (χ0) is 16.5. The Balaban J connectivity index is 0.00000121. The van der Waals surface area contributed by atoms with E-state index in [0.717, 1.165) is 12.8 Å². The second-order valence-corrected chi connectivity index (χ2v) is 6.46. The lowest BCUT2D eigenvalue weighted by molar-refractivity contribution is -0.133. The van der Waals surface area contributed by atoms with Crippen molar-refractivity contribution in [2.75, 3.05) is 0 Å². The molecule has 0 aromatic heterocycles. The molecule has 0 bridgehead atoms. The molecule has 3 aromatic carbocycles. The molecule has 1 unspecified atom stereocenters. The largest absolute Gasteiger partial charge is 0.289 e. The number of aryl methyl sites for hydroxylation is 1. The molecule has 0 heterocycles. The molecule has 124 valence electrons. The van der Waals surface area contributed by atoms with Crippen molar-refractivity contribution in [3.8, 4) is 11.1 Å². The highest BCUT2D eigenvalue weighted by Crippen LogP contribution is 2.31. The van der Waals surface area contributed by atoms with Gasteiger partial charge in [0.1, 0.15) is 0 Å². The predicted octanol–water partition coefficient (Wildman–Crippen LogP) is 4.61. The van der Waals surface area contributed by atoms with Crippen LogP contribution in [0, 0.1) is 5.92 Å². The van der Waals surface area contributed by atoms with E-state index in [4.69, 9.17) is 5.21 Å². The monoisotopic (exact) mass is 321 g/mol. The minimum Gasteiger partial charge on any atom is -0.289 e. The molecule has 1 aliphatic rings. The Bertz CT molecular complexity index is 927. The maximum atomic E-state index is 11.7. The van der Waals surface area contributed by atoms with Crippen molar-refractivity contribution in [2.24, 2.45) is 5.92 Å². The van der Waals surface area contributed by atoms with Crippen molar-refractivity contribution in [3.63, 3.8) is 0 Å². The fourth-order valence-corrected chi connectivity index (χ4v) is 3.62. The Morgan fingerprint density at radius 2 is 1.71 bits per heavy atom. The summed E-state index contributed by atoms with van der Waals surface area (Å²) in [5.41, 5.74) is 6.67. The molecule has 1 aliphatic carbocycles. The number of benzene rings is 3. The fourth-order valence-electron chi connectivity index (χ4n) is 3.62. The third kappa shape index (κ3) is 2.68. The minimum absolute atomic E-state index is 0. The summed E-state index contributed by atoms with van der Waals surface area (Å²) in [5, 5.41) is 11.3. The summed E-state index contributed by atoms with van der Waals surface area (Å²) in [4.78, 5) is 11.7. The highest BCUT2D eigenvalue weighted by Gasteiger charge is 2.24. The summed E-state index contributed by atoms with van der Waals surface area (Å²) >= 11 is 0. The molecule has 1 atom stereocenters. The van der Waals surface area contributed by atoms with Gasteiger partial charge in [0.2, 0.25) is 5.91 Å². The third-order valence-electron chi connectivity index (χ3n) is 5.00. The van der Waals surface area contributed by atoms with Gasteiger partial charge in [-0.15, -0.1) is 0 Å². The molecule has 24 heavy (non-hydrogen) atoms. The van der Waals surface area contributed by atoms with Gasteiger partial charge < -0.3 is 0 Å². The molecule has 1 amide bonds. The summed E-state index contributed by atoms with van der Waals surface area (Å²) < 4.78 is 0. The van der Waals surface area contributed by atoms with Crippen LogP contribution < -0.4 is 5.48 Å². The van der Waals surface area contributed by atoms with Gasteiger partial charge in [0.05, 0.1) is 0 Å². The standard InChI is InChI=1S/C21H19NO2.2H2/c23-21(22-24)19-10-7-15-6-9-18(12-20(15)13-19)17-8-5-14-3-1-2-4-16(14)11-17;;/h1-6,8-9,11-12,19,24H,7,10,13H2,(H,22,23);2*1H. The van der Waals surface area contributed by atoms with E-state index in [1.54, 1.807) is 5.48 Å². The van der Waals surface area contributed by atoms with Gasteiger partial charge in [0.15, 0.2) is 0 Å². The topological polar surface area (TPSA) is 49.3 Å². The molecule has 2 N–H and O–H groups in total. The van der Waals surface area contributed by atoms with E-state index in [2.05, 4.69) is 54.6 Å². The van der Waals surface area contributed by atoms with Crippen LogP contribution in [0.5, 0.6) is 0 Å². The minimum atomic E-state index is -0.281. The molecule has 0 saturated carbocycles. The normalized spacial score (nSPS) is 16.6. The van der Waals surface area contributed by atoms with Gasteiger partial charge in [-0.1, -0.05) is 54.6 Å². The number of hydrogen-bond acceptors (Lipinski definition) is 2. The average Bonchev–Trinajstić information content (AvgIpc) is 2.66. The summed E-state index contributed by atoms with van der Waals surface area (Å²) in [6.07, 6.45) is 2.35. The first-order chi connectivity index (χ1) is 11.7. The molecular weight excluding hydrogens is 298 g/mol. The van der Waals surface area contributed by atoms with Crippen LogP contribution in [-0.4, -0.2) is 11.1 Å². The molecule has 0 aliphatic heterocycles. The molecule has 0 spiro atoms. The quantitative estimate of drug-likeness (QED) is 0.535. The van der Waals surface area contributed by atoms with Crippen LogP contribution in [0.1, 0.15) is 20.4 Å². The first-order valence-electron chi connectivity index (χ1n) is 8.29. The van der Waals surface area contributed by atoms with Gasteiger partial charge in [-0.3, -0.25) is 10.0 Å². The average molecular weight is 321 g/mol. The van der Waals surface area contributed by atoms with Crippen LogP contribution in [0.3, 0.4) is 0 Å². The van der Waals surface area contributed by atoms with Crippen molar-refractivity contribution in [1.29, 1.82) is 0 Å². The number of carbonyl (C=O) groups excluding carboxylic acids is 1. The number of fused-ring (bicyclic) bond motifs is 2. The Labute approximate surface area is 143 Å². The van der Waals surface area contributed by atoms with Gasteiger partial charge in [-0.25, -0.2) is 5.48 Å². The Hall–Kier alpha value is -2.65. The van der Waals surface area contributed by atoms with Crippen LogP contribution in [0.15, 0.2) is 60.7 Å². The molecule has 3 nitrogen and oxygen atoms in total. The number of carbonyl (C=O) groups is 1. The molecule has 4 rings (SSSR count). The lowest BCUT2D eigenvalue weighted by atomic mass is 9.82. The zero-order valence-corrected chi connectivity index (χ0v) is 13.3. The van der Waals surface area contributed by atoms with Gasteiger partial charge >= 0.3 is 0 Å². The molecule has 0 radical (unpaired) electrons. The number of hydroxylamine groups is 1. The first-order valence-corrected chi connectivity index (χ1v) is 8.29. The summed E-state index contributed by atoms with van der Waals surface area (Å²) in [6, 6.07) is 21.4. The second kappa shape index (κ2) is 6.10. The van der Waals surface area contributed by atoms with Crippen molar-refractivity contribution in [2.45, 2.75) is 19.3 Å². The summed E-state index contributed by atoms with van der Waals surface area (Å²) in [5.74, 6) is -0.425. The van der Waals surface area contributed by atoms with E-state index < -0.39 is 0 Å². The van der Waals surface area contributed by atoms with Gasteiger partial charge in [0.25, 0.3) is 0 Å². The predicted molar refractivity (Wildman–Crippen MR) is 99.1 cm³/mol. The third-order valence-corrected chi connectivity index (χ3v) is 5.00. The highest BCUT2D eigenvalue weighted by molar-refractivity contribution is 5.87. The number of nitrogens with one attached hydrogen (secondary N) is 1. The van der Waals surface area contributed by atoms with Crippen LogP contribution in [0.25, 0.3) is 21.9 Å².